The first-order chi connectivity index (χ1) is 9.12. The van der Waals surface area contributed by atoms with Crippen LogP contribution >= 0.6 is 0 Å². The van der Waals surface area contributed by atoms with Crippen molar-refractivity contribution >= 4 is 12.0 Å². The van der Waals surface area contributed by atoms with Gasteiger partial charge in [0.05, 0.1) is 0 Å². The van der Waals surface area contributed by atoms with Gasteiger partial charge in [0.1, 0.15) is 0 Å². The number of carboxylic acid groups (broad SMARTS) is 1. The van der Waals surface area contributed by atoms with Gasteiger partial charge in [-0.05, 0) is 31.1 Å². The number of amides is 2. The average molecular weight is 284 g/mol. The van der Waals surface area contributed by atoms with Gasteiger partial charge in [-0.1, -0.05) is 20.8 Å². The molecule has 0 aliphatic carbocycles. The van der Waals surface area contributed by atoms with Gasteiger partial charge in [-0.3, -0.25) is 4.79 Å². The molecule has 1 heterocycles. The molecule has 1 rings (SSSR count). The summed E-state index contributed by atoms with van der Waals surface area (Å²) in [6.45, 7) is 9.87. The molecule has 0 spiro atoms. The number of carboxylic acids is 1. The van der Waals surface area contributed by atoms with Crippen LogP contribution in [0.25, 0.3) is 0 Å². The molecule has 20 heavy (non-hydrogen) atoms. The normalized spacial score (nSPS) is 20.9. The van der Waals surface area contributed by atoms with Crippen molar-refractivity contribution in [1.29, 1.82) is 0 Å². The van der Waals surface area contributed by atoms with E-state index in [-0.39, 0.29) is 23.9 Å². The lowest BCUT2D eigenvalue weighted by atomic mass is 9.87. The van der Waals surface area contributed by atoms with Crippen LogP contribution < -0.4 is 0 Å². The fourth-order valence-corrected chi connectivity index (χ4v) is 2.54. The Labute approximate surface area is 121 Å². The van der Waals surface area contributed by atoms with Crippen molar-refractivity contribution < 1.29 is 14.7 Å². The van der Waals surface area contributed by atoms with Crippen LogP contribution in [0.4, 0.5) is 4.79 Å². The van der Waals surface area contributed by atoms with Crippen molar-refractivity contribution in [2.45, 2.75) is 53.0 Å². The molecular formula is C15H28N2O3. The average Bonchev–Trinajstić information content (AvgIpc) is 2.81. The van der Waals surface area contributed by atoms with Gasteiger partial charge in [0.25, 0.3) is 0 Å². The Morgan fingerprint density at radius 3 is 2.50 bits per heavy atom. The smallest absolute Gasteiger partial charge is 0.320 e. The van der Waals surface area contributed by atoms with E-state index in [4.69, 9.17) is 5.11 Å². The molecule has 2 unspecified atom stereocenters. The van der Waals surface area contributed by atoms with Crippen molar-refractivity contribution in [3.05, 3.63) is 0 Å². The number of hydrogen-bond donors (Lipinski definition) is 1. The van der Waals surface area contributed by atoms with Gasteiger partial charge in [-0.15, -0.1) is 0 Å². The highest BCUT2D eigenvalue weighted by molar-refractivity contribution is 5.75. The Balaban J connectivity index is 2.51. The van der Waals surface area contributed by atoms with Crippen LogP contribution in [0.5, 0.6) is 0 Å². The molecular weight excluding hydrogens is 256 g/mol. The van der Waals surface area contributed by atoms with Crippen molar-refractivity contribution in [2.24, 2.45) is 11.3 Å². The summed E-state index contributed by atoms with van der Waals surface area (Å²) in [5.41, 5.74) is 0.0485. The van der Waals surface area contributed by atoms with Crippen molar-refractivity contribution in [1.82, 2.24) is 9.80 Å². The number of nitrogens with zero attached hydrogens (tertiary/aromatic N) is 2. The maximum atomic E-state index is 12.5. The Bertz CT molecular complexity index is 363. The molecule has 5 heteroatoms. The number of aliphatic carboxylic acids is 1. The molecule has 0 bridgehead atoms. The van der Waals surface area contributed by atoms with Crippen molar-refractivity contribution in [3.8, 4) is 0 Å². The van der Waals surface area contributed by atoms with E-state index >= 15 is 0 Å². The van der Waals surface area contributed by atoms with Crippen LogP contribution in [0, 0.1) is 11.3 Å². The molecule has 1 N–H and O–H groups in total. The van der Waals surface area contributed by atoms with Gasteiger partial charge >= 0.3 is 12.0 Å². The quantitative estimate of drug-likeness (QED) is 0.863. The van der Waals surface area contributed by atoms with E-state index in [1.165, 1.54) is 0 Å². The SMILES string of the molecule is CC(N(C)C(=O)N1CCC(CCC(=O)O)C1)C(C)(C)C. The summed E-state index contributed by atoms with van der Waals surface area (Å²) in [7, 11) is 1.85. The molecule has 0 radical (unpaired) electrons. The van der Waals surface area contributed by atoms with Gasteiger partial charge in [0.15, 0.2) is 0 Å². The second kappa shape index (κ2) is 6.46. The lowest BCUT2D eigenvalue weighted by Gasteiger charge is -2.37. The minimum absolute atomic E-state index is 0.0485. The summed E-state index contributed by atoms with van der Waals surface area (Å²) in [6, 6.07) is 0.221. The zero-order valence-corrected chi connectivity index (χ0v) is 13.3. The number of carbonyl (C=O) groups excluding carboxylic acids is 1. The first kappa shape index (κ1) is 16.8. The van der Waals surface area contributed by atoms with E-state index < -0.39 is 5.97 Å². The summed E-state index contributed by atoms with van der Waals surface area (Å²) in [5.74, 6) is -0.429. The van der Waals surface area contributed by atoms with Gasteiger partial charge in [-0.25, -0.2) is 4.79 Å². The van der Waals surface area contributed by atoms with E-state index in [0.717, 1.165) is 13.0 Å². The zero-order chi connectivity index (χ0) is 15.5. The molecule has 2 atom stereocenters. The summed E-state index contributed by atoms with van der Waals surface area (Å²) in [4.78, 5) is 26.7. The minimum atomic E-state index is -0.756. The number of rotatable bonds is 4. The highest BCUT2D eigenvalue weighted by atomic mass is 16.4. The largest absolute Gasteiger partial charge is 0.481 e. The van der Waals surface area contributed by atoms with E-state index in [1.807, 2.05) is 11.9 Å². The number of likely N-dealkylation sites (tertiary alicyclic amines) is 1. The zero-order valence-electron chi connectivity index (χ0n) is 13.3. The van der Waals surface area contributed by atoms with Crippen LogP contribution in [-0.4, -0.2) is 53.1 Å². The summed E-state index contributed by atoms with van der Waals surface area (Å²) in [5, 5.41) is 8.71. The van der Waals surface area contributed by atoms with E-state index in [2.05, 4.69) is 27.7 Å². The van der Waals surface area contributed by atoms with Crippen LogP contribution in [0.2, 0.25) is 0 Å². The van der Waals surface area contributed by atoms with Gasteiger partial charge in [0.2, 0.25) is 0 Å². The monoisotopic (exact) mass is 284 g/mol. The molecule has 116 valence electrons. The first-order valence-electron chi connectivity index (χ1n) is 7.36. The lowest BCUT2D eigenvalue weighted by Crippen LogP contribution is -2.48. The molecule has 1 aliphatic heterocycles. The summed E-state index contributed by atoms with van der Waals surface area (Å²) < 4.78 is 0. The molecule has 0 saturated carbocycles. The van der Waals surface area contributed by atoms with E-state index in [1.54, 1.807) is 4.90 Å². The predicted octanol–water partition coefficient (Wildman–Crippen LogP) is 2.66. The molecule has 1 fully saturated rings. The van der Waals surface area contributed by atoms with Crippen LogP contribution in [-0.2, 0) is 4.79 Å². The third kappa shape index (κ3) is 4.39. The minimum Gasteiger partial charge on any atom is -0.481 e. The van der Waals surface area contributed by atoms with E-state index in [0.29, 0.717) is 18.9 Å². The highest BCUT2D eigenvalue weighted by Gasteiger charge is 2.33. The molecule has 0 aromatic carbocycles. The number of hydrogen-bond acceptors (Lipinski definition) is 2. The summed E-state index contributed by atoms with van der Waals surface area (Å²) in [6.07, 6.45) is 1.77. The summed E-state index contributed by atoms with van der Waals surface area (Å²) >= 11 is 0. The molecule has 0 aromatic rings. The third-order valence-corrected chi connectivity index (χ3v) is 4.46. The molecule has 2 amide bonds. The fourth-order valence-electron chi connectivity index (χ4n) is 2.54. The van der Waals surface area contributed by atoms with Gasteiger partial charge in [0, 0.05) is 32.6 Å². The molecule has 1 saturated heterocycles. The van der Waals surface area contributed by atoms with Crippen molar-refractivity contribution in [3.63, 3.8) is 0 Å². The second-order valence-corrected chi connectivity index (χ2v) is 6.97. The second-order valence-electron chi connectivity index (χ2n) is 6.97. The van der Waals surface area contributed by atoms with Gasteiger partial charge < -0.3 is 14.9 Å². The number of carbonyl (C=O) groups is 2. The maximum Gasteiger partial charge on any atom is 0.320 e. The Kier molecular flexibility index (Phi) is 5.42. The number of urea groups is 1. The van der Waals surface area contributed by atoms with Crippen LogP contribution in [0.15, 0.2) is 0 Å². The lowest BCUT2D eigenvalue weighted by molar-refractivity contribution is -0.137. The highest BCUT2D eigenvalue weighted by Crippen LogP contribution is 2.26. The van der Waals surface area contributed by atoms with Crippen molar-refractivity contribution in [2.75, 3.05) is 20.1 Å². The standard InChI is InChI=1S/C15H28N2O3/c1-11(15(2,3)4)16(5)14(20)17-9-8-12(10-17)6-7-13(18)19/h11-12H,6-10H2,1-5H3,(H,18,19). The Hall–Kier alpha value is -1.26. The fraction of sp³-hybridized carbons (Fsp3) is 0.867. The predicted molar refractivity (Wildman–Crippen MR) is 78.6 cm³/mol. The molecule has 5 nitrogen and oxygen atoms in total. The van der Waals surface area contributed by atoms with Gasteiger partial charge in [-0.2, -0.15) is 0 Å². The molecule has 0 aromatic heterocycles. The Morgan fingerprint density at radius 2 is 2.00 bits per heavy atom. The molecule has 1 aliphatic rings. The van der Waals surface area contributed by atoms with E-state index in [9.17, 15) is 9.59 Å². The third-order valence-electron chi connectivity index (χ3n) is 4.46. The van der Waals surface area contributed by atoms with Crippen LogP contribution in [0.1, 0.15) is 47.0 Å². The Morgan fingerprint density at radius 1 is 1.40 bits per heavy atom. The maximum absolute atomic E-state index is 12.5. The topological polar surface area (TPSA) is 60.9 Å². The van der Waals surface area contributed by atoms with Crippen LogP contribution in [0.3, 0.4) is 0 Å². The first-order valence-corrected chi connectivity index (χ1v) is 7.36.